The van der Waals surface area contributed by atoms with Crippen LogP contribution in [0.5, 0.6) is 0 Å². The number of amides is 4. The van der Waals surface area contributed by atoms with Gasteiger partial charge in [0.2, 0.25) is 0 Å². The van der Waals surface area contributed by atoms with E-state index >= 15 is 0 Å². The first-order chi connectivity index (χ1) is 32.2. The Bertz CT molecular complexity index is 2680. The number of Topliss-reactive ketones (excluding diaryl/α,β-unsaturated/α-hetero) is 2. The number of carbonyl (C=O) groups is 6. The number of halogens is 4. The third-order valence-electron chi connectivity index (χ3n) is 10.4. The van der Waals surface area contributed by atoms with E-state index in [4.69, 9.17) is 26.9 Å². The number of rotatable bonds is 23. The van der Waals surface area contributed by atoms with Crippen LogP contribution in [0, 0.1) is 51.0 Å². The molecule has 2 aromatic carbocycles. The van der Waals surface area contributed by atoms with Crippen molar-refractivity contribution >= 4 is 58.5 Å². The lowest BCUT2D eigenvalue weighted by Gasteiger charge is -2.15. The van der Waals surface area contributed by atoms with Crippen molar-refractivity contribution in [3.8, 4) is 0 Å². The highest BCUT2D eigenvalue weighted by atomic mass is 19.2. The third kappa shape index (κ3) is 13.4. The van der Waals surface area contributed by atoms with E-state index in [9.17, 15) is 46.3 Å². The molecule has 4 rings (SSSR count). The number of carbonyl (C=O) groups excluding carboxylic acids is 6. The van der Waals surface area contributed by atoms with Gasteiger partial charge >= 0.3 is 0 Å². The number of aromatic nitrogens is 2. The minimum atomic E-state index is -1.15. The second-order valence-electron chi connectivity index (χ2n) is 15.0. The highest BCUT2D eigenvalue weighted by Gasteiger charge is 2.30. The number of ether oxygens (including phenoxy) is 2. The van der Waals surface area contributed by atoms with Crippen LogP contribution in [0.4, 0.5) is 28.9 Å². The number of hydrogen-bond acceptors (Lipinski definition) is 14. The molecule has 0 fully saturated rings. The van der Waals surface area contributed by atoms with Crippen molar-refractivity contribution in [3.05, 3.63) is 117 Å². The van der Waals surface area contributed by atoms with Gasteiger partial charge in [-0.3, -0.25) is 33.8 Å². The average molecular weight is 953 g/mol. The Labute approximate surface area is 387 Å². The largest absolute Gasteiger partial charge is 0.399 e. The number of anilines is 2. The molecular weight excluding hydrogens is 901 g/mol. The minimum absolute atomic E-state index is 0.00540. The van der Waals surface area contributed by atoms with Gasteiger partial charge in [-0.1, -0.05) is 0 Å². The van der Waals surface area contributed by atoms with Crippen LogP contribution in [0.25, 0.3) is 0 Å². The molecule has 24 heteroatoms. The van der Waals surface area contributed by atoms with Gasteiger partial charge in [-0.05, 0) is 63.1 Å². The summed E-state index contributed by atoms with van der Waals surface area (Å²) in [5, 5.41) is 14.6. The van der Waals surface area contributed by atoms with Gasteiger partial charge in [0.25, 0.3) is 35.2 Å². The van der Waals surface area contributed by atoms with Crippen LogP contribution in [0.1, 0.15) is 64.2 Å². The fourth-order valence-corrected chi connectivity index (χ4v) is 6.76. The Kier molecular flexibility index (Phi) is 18.8. The van der Waals surface area contributed by atoms with E-state index < -0.39 is 58.5 Å². The van der Waals surface area contributed by atoms with Gasteiger partial charge in [-0.25, -0.2) is 23.4 Å². The first-order valence-electron chi connectivity index (χ1n) is 20.6. The number of ketones is 2. The van der Waals surface area contributed by atoms with Crippen molar-refractivity contribution in [3.63, 3.8) is 0 Å². The van der Waals surface area contributed by atoms with E-state index in [2.05, 4.69) is 31.4 Å². The lowest BCUT2D eigenvalue weighted by Crippen LogP contribution is -2.36. The molecule has 10 N–H and O–H groups in total. The Morgan fingerprint density at radius 3 is 1.60 bits per heavy atom. The predicted octanol–water partition coefficient (Wildman–Crippen LogP) is 2.35. The molecule has 68 heavy (non-hydrogen) atoms. The third-order valence-corrected chi connectivity index (χ3v) is 10.4. The smallest absolute Gasteiger partial charge is 0.292 e. The van der Waals surface area contributed by atoms with Gasteiger partial charge in [-0.2, -0.15) is 5.10 Å². The Morgan fingerprint density at radius 1 is 0.691 bits per heavy atom. The van der Waals surface area contributed by atoms with Crippen LogP contribution in [0.15, 0.2) is 58.4 Å². The van der Waals surface area contributed by atoms with Gasteiger partial charge < -0.3 is 56.5 Å². The summed E-state index contributed by atoms with van der Waals surface area (Å²) in [6.07, 6.45) is 2.65. The maximum Gasteiger partial charge on any atom is 0.292 e. The molecule has 0 aliphatic heterocycles. The van der Waals surface area contributed by atoms with E-state index in [-0.39, 0.29) is 109 Å². The number of benzene rings is 2. The van der Waals surface area contributed by atoms with Gasteiger partial charge in [0, 0.05) is 67.1 Å². The van der Waals surface area contributed by atoms with Gasteiger partial charge in [0.05, 0.1) is 69.4 Å². The van der Waals surface area contributed by atoms with Crippen LogP contribution in [-0.4, -0.2) is 114 Å². The molecule has 0 unspecified atom stereocenters. The van der Waals surface area contributed by atoms with Crippen LogP contribution >= 0.6 is 0 Å². The van der Waals surface area contributed by atoms with Gasteiger partial charge in [0.15, 0.2) is 23.3 Å². The zero-order valence-corrected chi connectivity index (χ0v) is 38.0. The fourth-order valence-electron chi connectivity index (χ4n) is 6.76. The second kappa shape index (κ2) is 24.2. The Balaban J connectivity index is 1.12. The molecule has 364 valence electrons. The molecule has 4 amide bonds. The summed E-state index contributed by atoms with van der Waals surface area (Å²) in [6, 6.07) is 5.71. The monoisotopic (exact) mass is 952 g/mol. The van der Waals surface area contributed by atoms with E-state index in [1.54, 1.807) is 13.8 Å². The Morgan fingerprint density at radius 2 is 1.15 bits per heavy atom. The van der Waals surface area contributed by atoms with E-state index in [0.717, 1.165) is 24.3 Å². The Hall–Kier alpha value is -7.70. The summed E-state index contributed by atoms with van der Waals surface area (Å²) in [7, 11) is 3.04. The summed E-state index contributed by atoms with van der Waals surface area (Å²) in [5.41, 5.74) is 7.34. The summed E-state index contributed by atoms with van der Waals surface area (Å²) in [4.78, 5) is 82.1. The summed E-state index contributed by atoms with van der Waals surface area (Å²) in [6.45, 7) is 6.76. The molecule has 0 radical (unpaired) electrons. The minimum Gasteiger partial charge on any atom is -0.399 e. The fraction of sp³-hybridized carbons (Fsp3) is 0.318. The lowest BCUT2D eigenvalue weighted by molar-refractivity contribution is -0.117. The highest BCUT2D eigenvalue weighted by Crippen LogP contribution is 2.25. The maximum absolute atomic E-state index is 13.7. The molecule has 0 atom stereocenters. The molecule has 20 nitrogen and oxygen atoms in total. The number of aliphatic imine (C=N–C) groups is 1. The van der Waals surface area contributed by atoms with E-state index in [1.807, 2.05) is 0 Å². The topological polar surface area (TPSA) is 285 Å². The molecule has 0 aliphatic rings. The van der Waals surface area contributed by atoms with Crippen molar-refractivity contribution < 1.29 is 55.8 Å². The zero-order valence-electron chi connectivity index (χ0n) is 38.0. The van der Waals surface area contributed by atoms with Crippen LogP contribution in [0.2, 0.25) is 0 Å². The van der Waals surface area contributed by atoms with E-state index in [0.29, 0.717) is 11.4 Å². The van der Waals surface area contributed by atoms with Gasteiger partial charge in [-0.15, -0.1) is 0 Å². The standard InChI is InChI=1S/C44H52F4N12O8/c1-23-35(25(3)58(5)37(23)41(63)55-28-7-9-31(45)33(47)17-28)39(61)43(65)53-19-27(49)22-60(51)12-14-68-16-15-67-13-11-52-20-30(57-50)21-54-44(66)40(62)36-24(2)38(59(6)26(36)4)42(64)56-29-8-10-32(46)34(48)18-29/h7-10,17-18,20,22H,11-16,19,21,49-51H2,1-6H3,(H,53,65)(H,54,66)(H,55,63)(H,56,64)/b27-22-,52-20?,57-30?. The van der Waals surface area contributed by atoms with Crippen molar-refractivity contribution in [2.75, 3.05) is 63.2 Å². The van der Waals surface area contributed by atoms with Crippen molar-refractivity contribution in [2.24, 2.45) is 41.6 Å². The lowest BCUT2D eigenvalue weighted by atomic mass is 10.0. The average Bonchev–Trinajstić information content (AvgIpc) is 3.66. The van der Waals surface area contributed by atoms with Gasteiger partial charge in [0.1, 0.15) is 11.4 Å². The SMILES string of the molecule is Cc1c(C(=O)C(=O)NCC(C=NCCOCCOCCN(N)/C=C(\N)CNC(=O)C(=O)c2c(C)c(C(=O)Nc3ccc(F)c(F)c3)n(C)c2C)=NN)c(C)n(C)c1C(=O)Nc1ccc(F)c(F)c1. The number of hydrogen-bond donors (Lipinski definition) is 7. The molecule has 2 heterocycles. The molecular formula is C44H52F4N12O8. The number of hydrazine groups is 1. The molecule has 0 saturated heterocycles. The molecule has 2 aromatic heterocycles. The van der Waals surface area contributed by atoms with Crippen molar-refractivity contribution in [1.82, 2.24) is 24.8 Å². The number of nitrogens with two attached hydrogens (primary N) is 3. The van der Waals surface area contributed by atoms with Crippen molar-refractivity contribution in [1.29, 1.82) is 0 Å². The number of nitrogens with zero attached hydrogens (tertiary/aromatic N) is 5. The molecule has 0 aliphatic carbocycles. The molecule has 4 aromatic rings. The maximum atomic E-state index is 13.7. The summed E-state index contributed by atoms with van der Waals surface area (Å²) in [5.74, 6) is 1.69. The summed E-state index contributed by atoms with van der Waals surface area (Å²) >= 11 is 0. The second-order valence-corrected chi connectivity index (χ2v) is 15.0. The van der Waals surface area contributed by atoms with Crippen LogP contribution in [-0.2, 0) is 33.2 Å². The first kappa shape index (κ1) is 52.9. The van der Waals surface area contributed by atoms with E-state index in [1.165, 1.54) is 66.6 Å². The quantitative estimate of drug-likeness (QED) is 0.0107. The molecule has 0 saturated carbocycles. The molecule has 0 spiro atoms. The number of nitrogens with one attached hydrogen (secondary N) is 4. The normalized spacial score (nSPS) is 11.8. The summed E-state index contributed by atoms with van der Waals surface area (Å²) < 4.78 is 67.8. The molecule has 0 bridgehead atoms. The van der Waals surface area contributed by atoms with Crippen molar-refractivity contribution in [2.45, 2.75) is 27.7 Å². The van der Waals surface area contributed by atoms with Crippen LogP contribution in [0.3, 0.4) is 0 Å². The zero-order chi connectivity index (χ0) is 50.4. The highest BCUT2D eigenvalue weighted by molar-refractivity contribution is 6.45. The number of hydrazone groups is 1. The van der Waals surface area contributed by atoms with Crippen LogP contribution < -0.4 is 38.7 Å². The first-order valence-corrected chi connectivity index (χ1v) is 20.6. The predicted molar refractivity (Wildman–Crippen MR) is 243 cm³/mol.